The first-order valence-corrected chi connectivity index (χ1v) is 10.4. The first-order chi connectivity index (χ1) is 13.0. The van der Waals surface area contributed by atoms with E-state index < -0.39 is 0 Å². The molecule has 4 nitrogen and oxygen atoms in total. The SMILES string of the molecule is CC[C@H]1CCc2nc3sc(C(=O)Nc4ccc(C)cc4C)c(N)c3cc2C1. The second kappa shape index (κ2) is 6.97. The molecule has 1 atom stereocenters. The van der Waals surface area contributed by atoms with Gasteiger partial charge in [-0.05, 0) is 62.3 Å². The Bertz CT molecular complexity index is 1040. The van der Waals surface area contributed by atoms with Gasteiger partial charge in [-0.1, -0.05) is 31.0 Å². The monoisotopic (exact) mass is 379 g/mol. The molecule has 4 rings (SSSR count). The van der Waals surface area contributed by atoms with E-state index in [2.05, 4.69) is 24.4 Å². The molecule has 0 saturated heterocycles. The fraction of sp³-hybridized carbons (Fsp3) is 0.364. The maximum Gasteiger partial charge on any atom is 0.267 e. The first kappa shape index (κ1) is 18.0. The summed E-state index contributed by atoms with van der Waals surface area (Å²) in [5.74, 6) is 0.566. The zero-order chi connectivity index (χ0) is 19.1. The molecular formula is C22H25N3OS. The summed E-state index contributed by atoms with van der Waals surface area (Å²) in [5, 5.41) is 3.92. The lowest BCUT2D eigenvalue weighted by Gasteiger charge is -2.22. The Labute approximate surface area is 163 Å². The number of fused-ring (bicyclic) bond motifs is 2. The van der Waals surface area contributed by atoms with Crippen molar-refractivity contribution in [3.63, 3.8) is 0 Å². The Kier molecular flexibility index (Phi) is 4.64. The minimum Gasteiger partial charge on any atom is -0.397 e. The molecule has 3 N–H and O–H groups in total. The maximum absolute atomic E-state index is 12.9. The number of nitrogens with zero attached hydrogens (tertiary/aromatic N) is 1. The molecule has 0 saturated carbocycles. The van der Waals surface area contributed by atoms with E-state index in [1.54, 1.807) is 0 Å². The Hall–Kier alpha value is -2.40. The molecule has 0 radical (unpaired) electrons. The van der Waals surface area contributed by atoms with Crippen molar-refractivity contribution in [1.29, 1.82) is 0 Å². The van der Waals surface area contributed by atoms with Gasteiger partial charge in [-0.2, -0.15) is 0 Å². The van der Waals surface area contributed by atoms with Gasteiger partial charge >= 0.3 is 0 Å². The second-order valence-electron chi connectivity index (χ2n) is 7.58. The molecule has 0 fully saturated rings. The molecule has 3 aromatic rings. The fourth-order valence-corrected chi connectivity index (χ4v) is 4.91. The topological polar surface area (TPSA) is 68.0 Å². The predicted molar refractivity (Wildman–Crippen MR) is 114 cm³/mol. The molecule has 2 heterocycles. The van der Waals surface area contributed by atoms with Gasteiger partial charge in [0.25, 0.3) is 5.91 Å². The van der Waals surface area contributed by atoms with Crippen molar-refractivity contribution >= 4 is 38.8 Å². The van der Waals surface area contributed by atoms with Crippen LogP contribution in [0.5, 0.6) is 0 Å². The molecule has 27 heavy (non-hydrogen) atoms. The molecule has 1 aromatic carbocycles. The van der Waals surface area contributed by atoms with Crippen molar-refractivity contribution in [3.05, 3.63) is 51.5 Å². The minimum atomic E-state index is -0.160. The van der Waals surface area contributed by atoms with Crippen molar-refractivity contribution in [2.75, 3.05) is 11.1 Å². The number of hydrogen-bond donors (Lipinski definition) is 2. The van der Waals surface area contributed by atoms with Gasteiger partial charge in [0.05, 0.1) is 5.69 Å². The Morgan fingerprint density at radius 3 is 2.89 bits per heavy atom. The van der Waals surface area contributed by atoms with E-state index in [0.29, 0.717) is 10.6 Å². The third-order valence-corrected chi connectivity index (χ3v) is 6.72. The minimum absolute atomic E-state index is 0.160. The third kappa shape index (κ3) is 3.32. The molecule has 1 aliphatic rings. The highest BCUT2D eigenvalue weighted by Crippen LogP contribution is 2.37. The van der Waals surface area contributed by atoms with Gasteiger partial charge in [0.15, 0.2) is 0 Å². The number of carbonyl (C=O) groups is 1. The summed E-state index contributed by atoms with van der Waals surface area (Å²) >= 11 is 1.39. The van der Waals surface area contributed by atoms with Gasteiger partial charge in [-0.15, -0.1) is 11.3 Å². The van der Waals surface area contributed by atoms with Crippen LogP contribution in [0.4, 0.5) is 11.4 Å². The van der Waals surface area contributed by atoms with Gasteiger partial charge in [-0.25, -0.2) is 4.98 Å². The zero-order valence-electron chi connectivity index (χ0n) is 16.1. The van der Waals surface area contributed by atoms with Crippen molar-refractivity contribution in [2.24, 2.45) is 5.92 Å². The first-order valence-electron chi connectivity index (χ1n) is 9.55. The highest BCUT2D eigenvalue weighted by molar-refractivity contribution is 7.21. The Morgan fingerprint density at radius 1 is 1.33 bits per heavy atom. The molecule has 0 spiro atoms. The van der Waals surface area contributed by atoms with E-state index >= 15 is 0 Å². The van der Waals surface area contributed by atoms with E-state index in [4.69, 9.17) is 10.7 Å². The van der Waals surface area contributed by atoms with Crippen molar-refractivity contribution in [2.45, 2.75) is 46.5 Å². The lowest BCUT2D eigenvalue weighted by Crippen LogP contribution is -2.14. The second-order valence-corrected chi connectivity index (χ2v) is 8.58. The van der Waals surface area contributed by atoms with Gasteiger partial charge in [-0.3, -0.25) is 4.79 Å². The summed E-state index contributed by atoms with van der Waals surface area (Å²) in [7, 11) is 0. The number of aromatic nitrogens is 1. The van der Waals surface area contributed by atoms with Crippen LogP contribution < -0.4 is 11.1 Å². The molecular weight excluding hydrogens is 354 g/mol. The van der Waals surface area contributed by atoms with E-state index in [-0.39, 0.29) is 5.91 Å². The number of aryl methyl sites for hydroxylation is 3. The van der Waals surface area contributed by atoms with Crippen molar-refractivity contribution in [1.82, 2.24) is 4.98 Å². The smallest absolute Gasteiger partial charge is 0.267 e. The summed E-state index contributed by atoms with van der Waals surface area (Å²) in [4.78, 5) is 19.1. The van der Waals surface area contributed by atoms with Gasteiger partial charge < -0.3 is 11.1 Å². The summed E-state index contributed by atoms with van der Waals surface area (Å²) in [6.45, 7) is 6.28. The molecule has 5 heteroatoms. The van der Waals surface area contributed by atoms with Gasteiger partial charge in [0, 0.05) is 16.8 Å². The van der Waals surface area contributed by atoms with E-state index in [9.17, 15) is 4.79 Å². The molecule has 0 unspecified atom stereocenters. The van der Waals surface area contributed by atoms with Gasteiger partial charge in [0.2, 0.25) is 0 Å². The van der Waals surface area contributed by atoms with E-state index in [1.807, 2.05) is 26.0 Å². The van der Waals surface area contributed by atoms with Crippen LogP contribution in [0.25, 0.3) is 10.2 Å². The zero-order valence-corrected chi connectivity index (χ0v) is 16.9. The fourth-order valence-electron chi connectivity index (χ4n) is 3.92. The summed E-state index contributed by atoms with van der Waals surface area (Å²) in [5.41, 5.74) is 12.4. The predicted octanol–water partition coefficient (Wildman–Crippen LogP) is 5.26. The van der Waals surface area contributed by atoms with Crippen LogP contribution >= 0.6 is 11.3 Å². The average molecular weight is 380 g/mol. The number of rotatable bonds is 3. The van der Waals surface area contributed by atoms with Crippen LogP contribution in [0.2, 0.25) is 0 Å². The number of anilines is 2. The van der Waals surface area contributed by atoms with Crippen molar-refractivity contribution < 1.29 is 4.79 Å². The molecule has 140 valence electrons. The summed E-state index contributed by atoms with van der Waals surface area (Å²) in [6.07, 6.45) is 4.48. The highest BCUT2D eigenvalue weighted by Gasteiger charge is 2.23. The largest absolute Gasteiger partial charge is 0.397 e. The number of amides is 1. The van der Waals surface area contributed by atoms with Gasteiger partial charge in [0.1, 0.15) is 9.71 Å². The molecule has 0 bridgehead atoms. The van der Waals surface area contributed by atoms with Crippen LogP contribution in [0.15, 0.2) is 24.3 Å². The van der Waals surface area contributed by atoms with E-state index in [1.165, 1.54) is 41.0 Å². The summed E-state index contributed by atoms with van der Waals surface area (Å²) in [6, 6.07) is 8.16. The molecule has 0 aliphatic heterocycles. The number of nitrogens with one attached hydrogen (secondary N) is 1. The average Bonchev–Trinajstić information content (AvgIpc) is 2.97. The van der Waals surface area contributed by atoms with Crippen LogP contribution in [0.1, 0.15) is 51.8 Å². The third-order valence-electron chi connectivity index (χ3n) is 5.60. The lowest BCUT2D eigenvalue weighted by molar-refractivity contribution is 0.103. The standard InChI is InChI=1S/C22H25N3OS/c1-4-14-6-8-18-15(10-14)11-16-19(23)20(27-22(16)25-18)21(26)24-17-7-5-12(2)9-13(17)3/h5,7,9,11,14H,4,6,8,10,23H2,1-3H3,(H,24,26)/t14-/m0/s1. The number of nitrogen functional groups attached to an aromatic ring is 1. The Balaban J connectivity index is 1.68. The number of nitrogens with two attached hydrogens (primary N) is 1. The number of carbonyl (C=O) groups excluding carboxylic acids is 1. The quantitative estimate of drug-likeness (QED) is 0.652. The molecule has 1 amide bonds. The number of hydrogen-bond acceptors (Lipinski definition) is 4. The normalized spacial score (nSPS) is 16.3. The molecule has 1 aliphatic carbocycles. The van der Waals surface area contributed by atoms with Crippen molar-refractivity contribution in [3.8, 4) is 0 Å². The van der Waals surface area contributed by atoms with E-state index in [0.717, 1.165) is 40.2 Å². The highest BCUT2D eigenvalue weighted by atomic mass is 32.1. The maximum atomic E-state index is 12.9. The number of benzene rings is 1. The summed E-state index contributed by atoms with van der Waals surface area (Å²) < 4.78 is 0. The molecule has 2 aromatic heterocycles. The number of thiophene rings is 1. The lowest BCUT2D eigenvalue weighted by atomic mass is 9.85. The van der Waals surface area contributed by atoms with Crippen LogP contribution in [-0.2, 0) is 12.8 Å². The number of pyridine rings is 1. The Morgan fingerprint density at radius 2 is 2.15 bits per heavy atom. The van der Waals surface area contributed by atoms with Crippen LogP contribution in [0, 0.1) is 19.8 Å². The van der Waals surface area contributed by atoms with Crippen LogP contribution in [-0.4, -0.2) is 10.9 Å². The van der Waals surface area contributed by atoms with Crippen LogP contribution in [0.3, 0.4) is 0 Å².